The Hall–Kier alpha value is -0.0400. The van der Waals surface area contributed by atoms with E-state index in [9.17, 15) is 5.11 Å². The largest absolute Gasteiger partial charge is 0.393 e. The third kappa shape index (κ3) is 5.30. The molecule has 0 aliphatic carbocycles. The molecule has 0 heterocycles. The van der Waals surface area contributed by atoms with Crippen LogP contribution in [-0.2, 0) is 0 Å². The normalized spacial score (nSPS) is 19.6. The van der Waals surface area contributed by atoms with Gasteiger partial charge in [0.2, 0.25) is 0 Å². The van der Waals surface area contributed by atoms with E-state index in [0.29, 0.717) is 17.3 Å². The van der Waals surface area contributed by atoms with Gasteiger partial charge in [-0.25, -0.2) is 0 Å². The maximum Gasteiger partial charge on any atom is 0.0591 e. The van der Waals surface area contributed by atoms with Gasteiger partial charge in [-0.05, 0) is 23.7 Å². The molecule has 1 heteroatoms. The third-order valence-corrected chi connectivity index (χ3v) is 2.74. The van der Waals surface area contributed by atoms with Crippen molar-refractivity contribution in [3.63, 3.8) is 0 Å². The van der Waals surface area contributed by atoms with E-state index in [0.717, 1.165) is 12.8 Å². The molecular weight excluding hydrogens is 160 g/mol. The number of rotatable bonds is 4. The average molecular weight is 186 g/mol. The Bertz CT molecular complexity index is 135. The van der Waals surface area contributed by atoms with Gasteiger partial charge in [0.15, 0.2) is 0 Å². The minimum Gasteiger partial charge on any atom is -0.393 e. The highest BCUT2D eigenvalue weighted by molar-refractivity contribution is 4.74. The van der Waals surface area contributed by atoms with Crippen molar-refractivity contribution >= 4 is 0 Å². The van der Waals surface area contributed by atoms with Gasteiger partial charge in [0.25, 0.3) is 0 Å². The Morgan fingerprint density at radius 2 is 1.54 bits per heavy atom. The van der Waals surface area contributed by atoms with Gasteiger partial charge < -0.3 is 5.11 Å². The standard InChI is InChI=1S/C12H26O/c1-7-9(2)11(13)10(3)8-12(4,5)6/h9-11,13H,7-8H2,1-6H3. The minimum atomic E-state index is -0.135. The van der Waals surface area contributed by atoms with Crippen LogP contribution < -0.4 is 0 Å². The number of aliphatic hydroxyl groups is 1. The van der Waals surface area contributed by atoms with Crippen molar-refractivity contribution in [3.8, 4) is 0 Å². The molecule has 0 spiro atoms. The highest BCUT2D eigenvalue weighted by Gasteiger charge is 2.24. The molecule has 0 aliphatic rings. The van der Waals surface area contributed by atoms with Crippen LogP contribution in [0.25, 0.3) is 0 Å². The zero-order valence-corrected chi connectivity index (χ0v) is 10.1. The van der Waals surface area contributed by atoms with E-state index < -0.39 is 0 Å². The predicted molar refractivity (Wildman–Crippen MR) is 58.7 cm³/mol. The summed E-state index contributed by atoms with van der Waals surface area (Å²) >= 11 is 0. The second-order valence-corrected chi connectivity index (χ2v) is 5.62. The SMILES string of the molecule is CCC(C)C(O)C(C)CC(C)(C)C. The Morgan fingerprint density at radius 3 is 1.85 bits per heavy atom. The monoisotopic (exact) mass is 186 g/mol. The maximum atomic E-state index is 9.95. The van der Waals surface area contributed by atoms with Crippen LogP contribution in [0.5, 0.6) is 0 Å². The Balaban J connectivity index is 4.03. The van der Waals surface area contributed by atoms with Crippen molar-refractivity contribution in [1.82, 2.24) is 0 Å². The second-order valence-electron chi connectivity index (χ2n) is 5.62. The van der Waals surface area contributed by atoms with E-state index in [-0.39, 0.29) is 6.10 Å². The van der Waals surface area contributed by atoms with E-state index in [2.05, 4.69) is 41.5 Å². The molecule has 0 rings (SSSR count). The maximum absolute atomic E-state index is 9.95. The third-order valence-electron chi connectivity index (χ3n) is 2.74. The van der Waals surface area contributed by atoms with Crippen molar-refractivity contribution in [2.75, 3.05) is 0 Å². The smallest absolute Gasteiger partial charge is 0.0591 e. The molecule has 1 N–H and O–H groups in total. The molecule has 0 aromatic rings. The van der Waals surface area contributed by atoms with Crippen LogP contribution in [-0.4, -0.2) is 11.2 Å². The Kier molecular flexibility index (Phi) is 4.98. The van der Waals surface area contributed by atoms with Crippen molar-refractivity contribution in [2.45, 2.75) is 60.5 Å². The summed E-state index contributed by atoms with van der Waals surface area (Å²) in [7, 11) is 0. The fourth-order valence-electron chi connectivity index (χ4n) is 1.89. The average Bonchev–Trinajstić information content (AvgIpc) is 1.98. The van der Waals surface area contributed by atoms with Gasteiger partial charge in [0.05, 0.1) is 6.10 Å². The van der Waals surface area contributed by atoms with E-state index >= 15 is 0 Å². The first kappa shape index (κ1) is 13.0. The van der Waals surface area contributed by atoms with E-state index in [1.807, 2.05) is 0 Å². The van der Waals surface area contributed by atoms with Gasteiger partial charge in [-0.3, -0.25) is 0 Å². The lowest BCUT2D eigenvalue weighted by Crippen LogP contribution is -2.28. The molecule has 3 unspecified atom stereocenters. The van der Waals surface area contributed by atoms with Gasteiger partial charge in [0, 0.05) is 0 Å². The predicted octanol–water partition coefficient (Wildman–Crippen LogP) is 3.47. The first-order valence-electron chi connectivity index (χ1n) is 5.46. The number of hydrogen-bond acceptors (Lipinski definition) is 1. The summed E-state index contributed by atoms with van der Waals surface area (Å²) in [6, 6.07) is 0. The summed E-state index contributed by atoms with van der Waals surface area (Å²) in [6.07, 6.45) is 2.03. The highest BCUT2D eigenvalue weighted by atomic mass is 16.3. The molecule has 80 valence electrons. The zero-order chi connectivity index (χ0) is 10.6. The zero-order valence-electron chi connectivity index (χ0n) is 10.1. The molecule has 0 saturated carbocycles. The molecule has 0 bridgehead atoms. The summed E-state index contributed by atoms with van der Waals surface area (Å²) in [6.45, 7) is 13.1. The second kappa shape index (κ2) is 4.99. The lowest BCUT2D eigenvalue weighted by Gasteiger charge is -2.29. The lowest BCUT2D eigenvalue weighted by atomic mass is 9.80. The Labute approximate surface area is 83.5 Å². The first-order chi connectivity index (χ1) is 5.78. The van der Waals surface area contributed by atoms with Gasteiger partial charge in [-0.15, -0.1) is 0 Å². The first-order valence-corrected chi connectivity index (χ1v) is 5.46. The van der Waals surface area contributed by atoms with E-state index in [4.69, 9.17) is 0 Å². The molecular formula is C12H26O. The number of aliphatic hydroxyl groups excluding tert-OH is 1. The molecule has 0 saturated heterocycles. The fraction of sp³-hybridized carbons (Fsp3) is 1.00. The van der Waals surface area contributed by atoms with Crippen LogP contribution >= 0.6 is 0 Å². The van der Waals surface area contributed by atoms with Crippen LogP contribution in [0.4, 0.5) is 0 Å². The van der Waals surface area contributed by atoms with Crippen LogP contribution in [0.2, 0.25) is 0 Å². The van der Waals surface area contributed by atoms with E-state index in [1.165, 1.54) is 0 Å². The summed E-state index contributed by atoms with van der Waals surface area (Å²) in [5.41, 5.74) is 0.327. The lowest BCUT2D eigenvalue weighted by molar-refractivity contribution is 0.0448. The summed E-state index contributed by atoms with van der Waals surface area (Å²) in [5, 5.41) is 9.95. The van der Waals surface area contributed by atoms with Crippen molar-refractivity contribution in [2.24, 2.45) is 17.3 Å². The quantitative estimate of drug-likeness (QED) is 0.713. The van der Waals surface area contributed by atoms with E-state index in [1.54, 1.807) is 0 Å². The van der Waals surface area contributed by atoms with Gasteiger partial charge in [0.1, 0.15) is 0 Å². The summed E-state index contributed by atoms with van der Waals surface area (Å²) in [5.74, 6) is 0.840. The van der Waals surface area contributed by atoms with Crippen molar-refractivity contribution in [3.05, 3.63) is 0 Å². The molecule has 0 fully saturated rings. The molecule has 0 aromatic carbocycles. The molecule has 13 heavy (non-hydrogen) atoms. The van der Waals surface area contributed by atoms with Crippen LogP contribution in [0, 0.1) is 17.3 Å². The Morgan fingerprint density at radius 1 is 1.08 bits per heavy atom. The van der Waals surface area contributed by atoms with Gasteiger partial charge in [-0.1, -0.05) is 48.0 Å². The topological polar surface area (TPSA) is 20.2 Å². The molecule has 3 atom stereocenters. The van der Waals surface area contributed by atoms with Crippen molar-refractivity contribution in [1.29, 1.82) is 0 Å². The molecule has 1 nitrogen and oxygen atoms in total. The molecule has 0 amide bonds. The van der Waals surface area contributed by atoms with Gasteiger partial charge >= 0.3 is 0 Å². The van der Waals surface area contributed by atoms with Crippen LogP contribution in [0.15, 0.2) is 0 Å². The van der Waals surface area contributed by atoms with Crippen molar-refractivity contribution < 1.29 is 5.11 Å². The molecule has 0 radical (unpaired) electrons. The van der Waals surface area contributed by atoms with Crippen LogP contribution in [0.1, 0.15) is 54.4 Å². The van der Waals surface area contributed by atoms with Gasteiger partial charge in [-0.2, -0.15) is 0 Å². The fourth-order valence-corrected chi connectivity index (χ4v) is 1.89. The minimum absolute atomic E-state index is 0.135. The summed E-state index contributed by atoms with van der Waals surface area (Å²) in [4.78, 5) is 0. The van der Waals surface area contributed by atoms with Crippen LogP contribution in [0.3, 0.4) is 0 Å². The molecule has 0 aliphatic heterocycles. The number of hydrogen-bond donors (Lipinski definition) is 1. The molecule has 0 aromatic heterocycles. The summed E-state index contributed by atoms with van der Waals surface area (Å²) < 4.78 is 0. The highest BCUT2D eigenvalue weighted by Crippen LogP contribution is 2.28.